The van der Waals surface area contributed by atoms with Crippen molar-refractivity contribution in [2.75, 3.05) is 13.2 Å². The minimum Gasteiger partial charge on any atom is -0.490 e. The molecule has 0 radical (unpaired) electrons. The molecule has 1 aromatic heterocycles. The normalized spacial score (nSPS) is 15.4. The van der Waals surface area contributed by atoms with Gasteiger partial charge in [-0.05, 0) is 56.7 Å². The molecule has 7 heteroatoms. The van der Waals surface area contributed by atoms with Gasteiger partial charge in [-0.15, -0.1) is 11.3 Å². The topological polar surface area (TPSA) is 58.5 Å². The molecule has 152 valence electrons. The monoisotopic (exact) mass is 404 g/mol. The Balaban J connectivity index is 1.61. The molecule has 1 aliphatic rings. The van der Waals surface area contributed by atoms with E-state index in [0.717, 1.165) is 23.5 Å². The van der Waals surface area contributed by atoms with Crippen LogP contribution in [0.5, 0.6) is 5.75 Å². The summed E-state index contributed by atoms with van der Waals surface area (Å²) in [5.41, 5.74) is 0.851. The molecule has 28 heavy (non-hydrogen) atoms. The van der Waals surface area contributed by atoms with Gasteiger partial charge in [0.2, 0.25) is 0 Å². The van der Waals surface area contributed by atoms with Crippen LogP contribution in [-0.2, 0) is 13.0 Å². The van der Waals surface area contributed by atoms with Crippen LogP contribution in [-0.4, -0.2) is 24.1 Å². The zero-order valence-electron chi connectivity index (χ0n) is 16.8. The van der Waals surface area contributed by atoms with Crippen LogP contribution in [0.2, 0.25) is 0 Å². The van der Waals surface area contributed by atoms with E-state index in [9.17, 15) is 4.39 Å². The number of aryl methyl sites for hydroxylation is 1. The van der Waals surface area contributed by atoms with Crippen molar-refractivity contribution >= 4 is 17.3 Å². The third-order valence-corrected chi connectivity index (χ3v) is 5.77. The Bertz CT molecular complexity index is 803. The van der Waals surface area contributed by atoms with E-state index in [2.05, 4.69) is 27.5 Å². The van der Waals surface area contributed by atoms with E-state index < -0.39 is 0 Å². The second-order valence-electron chi connectivity index (χ2n) is 7.08. The second-order valence-corrected chi connectivity index (χ2v) is 8.28. The van der Waals surface area contributed by atoms with E-state index in [-0.39, 0.29) is 11.9 Å². The van der Waals surface area contributed by atoms with Crippen LogP contribution in [0.3, 0.4) is 0 Å². The van der Waals surface area contributed by atoms with Gasteiger partial charge >= 0.3 is 0 Å². The zero-order valence-corrected chi connectivity index (χ0v) is 17.6. The molecule has 2 N–H and O–H groups in total. The molecule has 0 saturated heterocycles. The molecular weight excluding hydrogens is 375 g/mol. The predicted octanol–water partition coefficient (Wildman–Crippen LogP) is 4.45. The molecule has 1 aromatic carbocycles. The maximum Gasteiger partial charge on any atom is 0.192 e. The number of aromatic nitrogens is 1. The second kappa shape index (κ2) is 9.87. The summed E-state index contributed by atoms with van der Waals surface area (Å²) in [7, 11) is 0. The van der Waals surface area contributed by atoms with E-state index in [0.29, 0.717) is 30.8 Å². The van der Waals surface area contributed by atoms with Crippen LogP contribution in [0.1, 0.15) is 55.1 Å². The summed E-state index contributed by atoms with van der Waals surface area (Å²) in [6.07, 6.45) is 5.28. The van der Waals surface area contributed by atoms with E-state index >= 15 is 0 Å². The van der Waals surface area contributed by atoms with Crippen LogP contribution >= 0.6 is 11.3 Å². The van der Waals surface area contributed by atoms with Gasteiger partial charge in [0.05, 0.1) is 19.2 Å². The Morgan fingerprint density at radius 2 is 2.21 bits per heavy atom. The van der Waals surface area contributed by atoms with Crippen LogP contribution in [0.15, 0.2) is 29.4 Å². The van der Waals surface area contributed by atoms with Crippen molar-refractivity contribution in [2.24, 2.45) is 10.9 Å². The fourth-order valence-corrected chi connectivity index (χ4v) is 3.52. The van der Waals surface area contributed by atoms with Gasteiger partial charge in [0.25, 0.3) is 0 Å². The summed E-state index contributed by atoms with van der Waals surface area (Å²) in [6, 6.07) is 5.07. The highest BCUT2D eigenvalue weighted by Crippen LogP contribution is 2.30. The highest BCUT2D eigenvalue weighted by molar-refractivity contribution is 7.11. The summed E-state index contributed by atoms with van der Waals surface area (Å²) in [6.45, 7) is 8.01. The van der Waals surface area contributed by atoms with Crippen LogP contribution in [0, 0.1) is 11.7 Å². The summed E-state index contributed by atoms with van der Waals surface area (Å²) in [5, 5.41) is 7.57. The molecule has 1 atom stereocenters. The fourth-order valence-electron chi connectivity index (χ4n) is 2.74. The van der Waals surface area contributed by atoms with E-state index in [1.165, 1.54) is 23.8 Å². The number of thiazole rings is 1. The average Bonchev–Trinajstić information content (AvgIpc) is 3.41. The molecule has 0 spiro atoms. The lowest BCUT2D eigenvalue weighted by atomic mass is 10.1. The molecule has 1 saturated carbocycles. The van der Waals surface area contributed by atoms with Gasteiger partial charge in [-0.3, -0.25) is 0 Å². The first kappa shape index (κ1) is 20.6. The average molecular weight is 405 g/mol. The molecule has 0 bridgehead atoms. The summed E-state index contributed by atoms with van der Waals surface area (Å²) < 4.78 is 19.9. The van der Waals surface area contributed by atoms with Crippen molar-refractivity contribution in [1.29, 1.82) is 0 Å². The van der Waals surface area contributed by atoms with Crippen molar-refractivity contribution in [1.82, 2.24) is 15.6 Å². The van der Waals surface area contributed by atoms with E-state index in [1.807, 2.05) is 26.1 Å². The molecule has 0 amide bonds. The molecule has 1 fully saturated rings. The molecule has 2 aromatic rings. The molecule has 0 aliphatic heterocycles. The van der Waals surface area contributed by atoms with Gasteiger partial charge < -0.3 is 15.4 Å². The first-order valence-corrected chi connectivity index (χ1v) is 10.8. The van der Waals surface area contributed by atoms with Crippen LogP contribution in [0.4, 0.5) is 4.39 Å². The van der Waals surface area contributed by atoms with Crippen molar-refractivity contribution in [3.63, 3.8) is 0 Å². The van der Waals surface area contributed by atoms with Crippen molar-refractivity contribution in [3.8, 4) is 5.75 Å². The van der Waals surface area contributed by atoms with E-state index in [4.69, 9.17) is 4.74 Å². The number of benzene rings is 1. The molecule has 3 rings (SSSR count). The molecule has 1 unspecified atom stereocenters. The standard InChI is InChI=1S/C21H29FN4OS/c1-4-17-11-24-20(28-17)12-25-21(23-5-2)26-14(3)16-8-9-19(18(22)10-16)27-13-15-6-7-15/h8-11,14-15H,4-7,12-13H2,1-3H3,(H2,23,25,26). The molecular formula is C21H29FN4OS. The first-order chi connectivity index (χ1) is 13.6. The Hall–Kier alpha value is -2.15. The number of halogens is 1. The Morgan fingerprint density at radius 1 is 1.39 bits per heavy atom. The smallest absolute Gasteiger partial charge is 0.192 e. The Kier molecular flexibility index (Phi) is 7.25. The number of guanidine groups is 1. The minimum atomic E-state index is -0.316. The molecule has 1 aliphatic carbocycles. The lowest BCUT2D eigenvalue weighted by Crippen LogP contribution is -2.38. The Labute approximate surface area is 170 Å². The summed E-state index contributed by atoms with van der Waals surface area (Å²) >= 11 is 1.69. The number of ether oxygens (including phenoxy) is 1. The lowest BCUT2D eigenvalue weighted by Gasteiger charge is -2.19. The van der Waals surface area contributed by atoms with Gasteiger partial charge in [-0.1, -0.05) is 13.0 Å². The van der Waals surface area contributed by atoms with Gasteiger partial charge in [0.15, 0.2) is 17.5 Å². The lowest BCUT2D eigenvalue weighted by molar-refractivity contribution is 0.285. The maximum absolute atomic E-state index is 14.4. The highest BCUT2D eigenvalue weighted by atomic mass is 32.1. The van der Waals surface area contributed by atoms with Gasteiger partial charge in [-0.25, -0.2) is 14.4 Å². The number of hydrogen-bond donors (Lipinski definition) is 2. The zero-order chi connectivity index (χ0) is 19.9. The SMILES string of the molecule is CCNC(=NCc1ncc(CC)s1)NC(C)c1ccc(OCC2CC2)c(F)c1. The Morgan fingerprint density at radius 3 is 2.86 bits per heavy atom. The highest BCUT2D eigenvalue weighted by Gasteiger charge is 2.22. The molecule has 5 nitrogen and oxygen atoms in total. The summed E-state index contributed by atoms with van der Waals surface area (Å²) in [4.78, 5) is 10.3. The largest absolute Gasteiger partial charge is 0.490 e. The molecule has 1 heterocycles. The number of nitrogens with one attached hydrogen (secondary N) is 2. The first-order valence-electron chi connectivity index (χ1n) is 9.99. The van der Waals surface area contributed by atoms with E-state index in [1.54, 1.807) is 17.4 Å². The third kappa shape index (κ3) is 5.92. The van der Waals surface area contributed by atoms with Crippen molar-refractivity contribution in [3.05, 3.63) is 45.7 Å². The van der Waals surface area contributed by atoms with Crippen LogP contribution < -0.4 is 15.4 Å². The van der Waals surface area contributed by atoms with Crippen molar-refractivity contribution < 1.29 is 9.13 Å². The van der Waals surface area contributed by atoms with Gasteiger partial charge in [0, 0.05) is 17.6 Å². The van der Waals surface area contributed by atoms with Gasteiger partial charge in [0.1, 0.15) is 5.01 Å². The maximum atomic E-state index is 14.4. The number of hydrogen-bond acceptors (Lipinski definition) is 4. The van der Waals surface area contributed by atoms with Crippen molar-refractivity contribution in [2.45, 2.75) is 52.6 Å². The summed E-state index contributed by atoms with van der Waals surface area (Å²) in [5.74, 6) is 1.31. The third-order valence-electron chi connectivity index (χ3n) is 4.65. The van der Waals surface area contributed by atoms with Gasteiger partial charge in [-0.2, -0.15) is 0 Å². The van der Waals surface area contributed by atoms with Crippen LogP contribution in [0.25, 0.3) is 0 Å². The fraction of sp³-hybridized carbons (Fsp3) is 0.524. The predicted molar refractivity (Wildman–Crippen MR) is 112 cm³/mol. The number of nitrogens with zero attached hydrogens (tertiary/aromatic N) is 2. The minimum absolute atomic E-state index is 0.0905. The number of aliphatic imine (C=N–C) groups is 1. The quantitative estimate of drug-likeness (QED) is 0.479. The number of rotatable bonds is 9.